The first-order chi connectivity index (χ1) is 14.9. The first-order valence-electron chi connectivity index (χ1n) is 10.3. The summed E-state index contributed by atoms with van der Waals surface area (Å²) in [6.45, 7) is 2.13. The Bertz CT molecular complexity index is 1330. The van der Waals surface area contributed by atoms with E-state index in [0.29, 0.717) is 0 Å². The van der Waals surface area contributed by atoms with Gasteiger partial charge in [0.15, 0.2) is 5.65 Å². The van der Waals surface area contributed by atoms with E-state index in [9.17, 15) is 0 Å². The predicted octanol–water partition coefficient (Wildman–Crippen LogP) is 4.55. The number of hydrogen-bond donors (Lipinski definition) is 2. The number of rotatable bonds is 3. The Balaban J connectivity index is 1.47. The van der Waals surface area contributed by atoms with Crippen molar-refractivity contribution >= 4 is 27.8 Å². The summed E-state index contributed by atoms with van der Waals surface area (Å²) in [5.41, 5.74) is 5.82. The molecular weight excluding hydrogens is 374 g/mol. The van der Waals surface area contributed by atoms with E-state index in [-0.39, 0.29) is 0 Å². The van der Waals surface area contributed by atoms with Gasteiger partial charge in [-0.05, 0) is 55.2 Å². The molecule has 0 spiro atoms. The van der Waals surface area contributed by atoms with Gasteiger partial charge >= 0.3 is 0 Å². The van der Waals surface area contributed by atoms with E-state index in [2.05, 4.69) is 42.2 Å². The highest BCUT2D eigenvalue weighted by Gasteiger charge is 2.18. The smallest absolute Gasteiger partial charge is 0.155 e. The molecule has 5 aromatic heterocycles. The Morgan fingerprint density at radius 3 is 2.57 bits per heavy atom. The Hall–Kier alpha value is -3.74. The van der Waals surface area contributed by atoms with Crippen LogP contribution in [0.3, 0.4) is 0 Å². The van der Waals surface area contributed by atoms with Crippen molar-refractivity contribution in [2.24, 2.45) is 0 Å². The number of nitrogens with one attached hydrogen (secondary N) is 2. The number of aromatic nitrogens is 6. The van der Waals surface area contributed by atoms with Crippen LogP contribution in [0.1, 0.15) is 19.3 Å². The van der Waals surface area contributed by atoms with E-state index in [1.807, 2.05) is 30.6 Å². The molecule has 5 aromatic rings. The molecule has 0 aliphatic carbocycles. The second-order valence-corrected chi connectivity index (χ2v) is 7.75. The number of H-pyrrole nitrogens is 2. The normalized spacial score (nSPS) is 14.6. The van der Waals surface area contributed by atoms with Gasteiger partial charge in [-0.25, -0.2) is 9.97 Å². The van der Waals surface area contributed by atoms with Crippen molar-refractivity contribution in [3.8, 4) is 22.5 Å². The number of nitrogens with zero attached hydrogens (tertiary/aromatic N) is 5. The molecule has 1 aliphatic rings. The van der Waals surface area contributed by atoms with Crippen LogP contribution in [-0.2, 0) is 0 Å². The van der Waals surface area contributed by atoms with Gasteiger partial charge in [0.05, 0.1) is 11.2 Å². The minimum Gasteiger partial charge on any atom is -0.356 e. The van der Waals surface area contributed by atoms with Crippen LogP contribution < -0.4 is 4.90 Å². The summed E-state index contributed by atoms with van der Waals surface area (Å²) in [6, 6.07) is 10.3. The van der Waals surface area contributed by atoms with Crippen LogP contribution in [0.25, 0.3) is 44.5 Å². The van der Waals surface area contributed by atoms with E-state index in [0.717, 1.165) is 63.4 Å². The lowest BCUT2D eigenvalue weighted by Crippen LogP contribution is -2.30. The molecule has 0 radical (unpaired) electrons. The summed E-state index contributed by atoms with van der Waals surface area (Å²) in [6.07, 6.45) is 11.1. The van der Waals surface area contributed by atoms with Gasteiger partial charge in [-0.2, -0.15) is 5.10 Å². The van der Waals surface area contributed by atoms with E-state index >= 15 is 0 Å². The van der Waals surface area contributed by atoms with Crippen molar-refractivity contribution in [2.75, 3.05) is 18.0 Å². The monoisotopic (exact) mass is 395 g/mol. The molecule has 7 nitrogen and oxygen atoms in total. The molecule has 0 aromatic carbocycles. The standard InChI is InChI=1S/C23H21N7/c1-2-10-30(11-3-1)23-17-13-20(27-19(17)6-9-25-23)21-18-12-16(14-26-22(18)29-28-21)15-4-7-24-8-5-15/h4-9,12-14,27H,1-3,10-11H2,(H,26,28,29). The number of hydrogen-bond acceptors (Lipinski definition) is 5. The van der Waals surface area contributed by atoms with Gasteiger partial charge in [0.2, 0.25) is 0 Å². The largest absolute Gasteiger partial charge is 0.356 e. The molecule has 0 atom stereocenters. The molecular formula is C23H21N7. The molecule has 1 aliphatic heterocycles. The molecule has 2 N–H and O–H groups in total. The molecule has 7 heteroatoms. The maximum absolute atomic E-state index is 4.70. The molecule has 148 valence electrons. The molecule has 6 heterocycles. The fourth-order valence-electron chi connectivity index (χ4n) is 4.34. The minimum atomic E-state index is 0.774. The highest BCUT2D eigenvalue weighted by Crippen LogP contribution is 2.33. The highest BCUT2D eigenvalue weighted by atomic mass is 15.2. The lowest BCUT2D eigenvalue weighted by molar-refractivity contribution is 0.575. The van der Waals surface area contributed by atoms with Gasteiger partial charge in [-0.15, -0.1) is 0 Å². The summed E-state index contributed by atoms with van der Waals surface area (Å²) in [4.78, 5) is 19.3. The topological polar surface area (TPSA) is 86.4 Å². The molecule has 0 bridgehead atoms. The maximum atomic E-state index is 4.70. The molecule has 6 rings (SSSR count). The number of aromatic amines is 2. The zero-order chi connectivity index (χ0) is 19.9. The van der Waals surface area contributed by atoms with Gasteiger partial charge < -0.3 is 9.88 Å². The zero-order valence-corrected chi connectivity index (χ0v) is 16.5. The Kier molecular flexibility index (Phi) is 3.97. The summed E-state index contributed by atoms with van der Waals surface area (Å²) < 4.78 is 0. The molecule has 30 heavy (non-hydrogen) atoms. The molecule has 0 saturated carbocycles. The Morgan fingerprint density at radius 1 is 0.833 bits per heavy atom. The van der Waals surface area contributed by atoms with Crippen LogP contribution in [0.5, 0.6) is 0 Å². The average Bonchev–Trinajstić information content (AvgIpc) is 3.43. The number of pyridine rings is 3. The van der Waals surface area contributed by atoms with Gasteiger partial charge in [0.25, 0.3) is 0 Å². The summed E-state index contributed by atoms with van der Waals surface area (Å²) in [5, 5.41) is 9.77. The molecule has 1 fully saturated rings. The minimum absolute atomic E-state index is 0.774. The van der Waals surface area contributed by atoms with Crippen molar-refractivity contribution in [3.63, 3.8) is 0 Å². The van der Waals surface area contributed by atoms with Crippen LogP contribution in [0.15, 0.2) is 55.1 Å². The van der Waals surface area contributed by atoms with E-state index < -0.39 is 0 Å². The summed E-state index contributed by atoms with van der Waals surface area (Å²) >= 11 is 0. The fourth-order valence-corrected chi connectivity index (χ4v) is 4.34. The van der Waals surface area contributed by atoms with Crippen LogP contribution in [-0.4, -0.2) is 43.2 Å². The predicted molar refractivity (Wildman–Crippen MR) is 118 cm³/mol. The third kappa shape index (κ3) is 2.82. The number of fused-ring (bicyclic) bond motifs is 2. The average molecular weight is 395 g/mol. The van der Waals surface area contributed by atoms with E-state index in [4.69, 9.17) is 4.98 Å². The number of piperidine rings is 1. The quantitative estimate of drug-likeness (QED) is 0.468. The van der Waals surface area contributed by atoms with Gasteiger partial charge in [-0.3, -0.25) is 10.1 Å². The van der Waals surface area contributed by atoms with Crippen molar-refractivity contribution in [3.05, 3.63) is 55.1 Å². The van der Waals surface area contributed by atoms with Crippen molar-refractivity contribution in [1.82, 2.24) is 30.1 Å². The van der Waals surface area contributed by atoms with Crippen molar-refractivity contribution in [1.29, 1.82) is 0 Å². The third-order valence-electron chi connectivity index (χ3n) is 5.87. The molecule has 0 amide bonds. The van der Waals surface area contributed by atoms with E-state index in [1.165, 1.54) is 19.3 Å². The fraction of sp³-hybridized carbons (Fsp3) is 0.217. The third-order valence-corrected chi connectivity index (χ3v) is 5.87. The van der Waals surface area contributed by atoms with Gasteiger partial charge in [0.1, 0.15) is 11.5 Å². The van der Waals surface area contributed by atoms with Crippen molar-refractivity contribution in [2.45, 2.75) is 19.3 Å². The van der Waals surface area contributed by atoms with Gasteiger partial charge in [0, 0.05) is 54.2 Å². The second-order valence-electron chi connectivity index (χ2n) is 7.75. The maximum Gasteiger partial charge on any atom is 0.155 e. The Labute approximate surface area is 173 Å². The highest BCUT2D eigenvalue weighted by molar-refractivity contribution is 5.99. The van der Waals surface area contributed by atoms with Crippen LogP contribution >= 0.6 is 0 Å². The molecule has 1 saturated heterocycles. The lowest BCUT2D eigenvalue weighted by atomic mass is 10.1. The molecule has 0 unspecified atom stereocenters. The van der Waals surface area contributed by atoms with Crippen LogP contribution in [0, 0.1) is 0 Å². The van der Waals surface area contributed by atoms with E-state index in [1.54, 1.807) is 12.4 Å². The van der Waals surface area contributed by atoms with Crippen LogP contribution in [0.4, 0.5) is 5.82 Å². The second kappa shape index (κ2) is 6.95. The van der Waals surface area contributed by atoms with Crippen molar-refractivity contribution < 1.29 is 0 Å². The van der Waals surface area contributed by atoms with Crippen LogP contribution in [0.2, 0.25) is 0 Å². The zero-order valence-electron chi connectivity index (χ0n) is 16.5. The SMILES string of the molecule is c1cc(-c2cnc3[nH]nc(-c4cc5c(N6CCCCC6)nccc5[nH]4)c3c2)ccn1. The van der Waals surface area contributed by atoms with Gasteiger partial charge in [-0.1, -0.05) is 0 Å². The first-order valence-corrected chi connectivity index (χ1v) is 10.3. The summed E-state index contributed by atoms with van der Waals surface area (Å²) in [5.74, 6) is 1.06. The first kappa shape index (κ1) is 17.1. The number of anilines is 1. The summed E-state index contributed by atoms with van der Waals surface area (Å²) in [7, 11) is 0. The Morgan fingerprint density at radius 2 is 1.70 bits per heavy atom. The lowest BCUT2D eigenvalue weighted by Gasteiger charge is -2.28.